The van der Waals surface area contributed by atoms with Gasteiger partial charge >= 0.3 is 0 Å². The lowest BCUT2D eigenvalue weighted by atomic mass is 10.1. The number of hydrogen-bond acceptors (Lipinski definition) is 4. The first-order valence-electron chi connectivity index (χ1n) is 7.87. The fourth-order valence-corrected chi connectivity index (χ4v) is 2.45. The molecule has 1 saturated heterocycles. The topological polar surface area (TPSA) is 63.2 Å². The number of pyridine rings is 1. The number of aromatic nitrogens is 1. The standard InChI is InChI=1S/C16H25N3O2/c1-3-13-9-12(10-15(19-13)17-4-2)16(20)18-11-14-7-5-6-8-21-14/h9-10,14H,3-8,11H2,1-2H3,(H,17,19)(H,18,20). The fraction of sp³-hybridized carbons (Fsp3) is 0.625. The van der Waals surface area contributed by atoms with Crippen molar-refractivity contribution in [2.75, 3.05) is 25.0 Å². The van der Waals surface area contributed by atoms with Crippen molar-refractivity contribution in [2.24, 2.45) is 0 Å². The molecule has 1 amide bonds. The second kappa shape index (κ2) is 7.98. The van der Waals surface area contributed by atoms with Crippen molar-refractivity contribution in [1.29, 1.82) is 0 Å². The van der Waals surface area contributed by atoms with E-state index in [4.69, 9.17) is 4.74 Å². The van der Waals surface area contributed by atoms with E-state index in [0.717, 1.165) is 43.9 Å². The number of hydrogen-bond donors (Lipinski definition) is 2. The third kappa shape index (κ3) is 4.70. The highest BCUT2D eigenvalue weighted by Crippen LogP contribution is 2.13. The summed E-state index contributed by atoms with van der Waals surface area (Å²) in [5.74, 6) is 0.705. The van der Waals surface area contributed by atoms with Crippen molar-refractivity contribution in [3.63, 3.8) is 0 Å². The largest absolute Gasteiger partial charge is 0.376 e. The van der Waals surface area contributed by atoms with E-state index in [1.54, 1.807) is 6.07 Å². The molecule has 1 aromatic rings. The Kier molecular flexibility index (Phi) is 5.99. The Hall–Kier alpha value is -1.62. The van der Waals surface area contributed by atoms with E-state index in [9.17, 15) is 4.79 Å². The van der Waals surface area contributed by atoms with E-state index in [-0.39, 0.29) is 12.0 Å². The summed E-state index contributed by atoms with van der Waals surface area (Å²) in [6.45, 7) is 6.23. The van der Waals surface area contributed by atoms with Gasteiger partial charge in [0.1, 0.15) is 5.82 Å². The first-order valence-corrected chi connectivity index (χ1v) is 7.87. The average molecular weight is 291 g/mol. The van der Waals surface area contributed by atoms with Gasteiger partial charge in [0.2, 0.25) is 0 Å². The molecule has 116 valence electrons. The van der Waals surface area contributed by atoms with Gasteiger partial charge in [0.15, 0.2) is 0 Å². The van der Waals surface area contributed by atoms with Crippen molar-refractivity contribution >= 4 is 11.7 Å². The van der Waals surface area contributed by atoms with Crippen LogP contribution in [0, 0.1) is 0 Å². The van der Waals surface area contributed by atoms with Gasteiger partial charge in [0.05, 0.1) is 6.10 Å². The lowest BCUT2D eigenvalue weighted by molar-refractivity contribution is 0.0169. The Labute approximate surface area is 126 Å². The number of rotatable bonds is 6. The minimum atomic E-state index is -0.0552. The molecule has 1 unspecified atom stereocenters. The highest BCUT2D eigenvalue weighted by Gasteiger charge is 2.16. The Morgan fingerprint density at radius 3 is 2.90 bits per heavy atom. The van der Waals surface area contributed by atoms with Gasteiger partial charge in [-0.1, -0.05) is 6.92 Å². The predicted octanol–water partition coefficient (Wildman–Crippen LogP) is 2.37. The van der Waals surface area contributed by atoms with Gasteiger partial charge in [-0.2, -0.15) is 0 Å². The number of ether oxygens (including phenoxy) is 1. The van der Waals surface area contributed by atoms with E-state index >= 15 is 0 Å². The molecular formula is C16H25N3O2. The zero-order valence-electron chi connectivity index (χ0n) is 12.9. The van der Waals surface area contributed by atoms with Crippen LogP contribution < -0.4 is 10.6 Å². The van der Waals surface area contributed by atoms with Gasteiger partial charge in [0.25, 0.3) is 5.91 Å². The molecule has 0 radical (unpaired) electrons. The summed E-state index contributed by atoms with van der Waals surface area (Å²) in [7, 11) is 0. The molecule has 1 aromatic heterocycles. The Bertz CT molecular complexity index is 471. The number of nitrogens with one attached hydrogen (secondary N) is 2. The number of anilines is 1. The molecule has 1 fully saturated rings. The lowest BCUT2D eigenvalue weighted by Crippen LogP contribution is -2.35. The predicted molar refractivity (Wildman–Crippen MR) is 83.7 cm³/mol. The smallest absolute Gasteiger partial charge is 0.251 e. The van der Waals surface area contributed by atoms with E-state index in [1.165, 1.54) is 6.42 Å². The maximum absolute atomic E-state index is 12.3. The van der Waals surface area contributed by atoms with Crippen LogP contribution in [0.4, 0.5) is 5.82 Å². The van der Waals surface area contributed by atoms with Gasteiger partial charge in [-0.05, 0) is 44.7 Å². The molecule has 2 rings (SSSR count). The molecule has 21 heavy (non-hydrogen) atoms. The molecule has 2 heterocycles. The molecule has 1 atom stereocenters. The van der Waals surface area contributed by atoms with Crippen LogP contribution in [0.5, 0.6) is 0 Å². The van der Waals surface area contributed by atoms with E-state index < -0.39 is 0 Å². The maximum atomic E-state index is 12.3. The van der Waals surface area contributed by atoms with Crippen molar-refractivity contribution in [3.05, 3.63) is 23.4 Å². The molecular weight excluding hydrogens is 266 g/mol. The van der Waals surface area contributed by atoms with Crippen LogP contribution in [0.15, 0.2) is 12.1 Å². The Balaban J connectivity index is 1.98. The van der Waals surface area contributed by atoms with Crippen LogP contribution in [0.25, 0.3) is 0 Å². The summed E-state index contributed by atoms with van der Waals surface area (Å²) in [6.07, 6.45) is 4.30. The van der Waals surface area contributed by atoms with Crippen molar-refractivity contribution in [1.82, 2.24) is 10.3 Å². The van der Waals surface area contributed by atoms with E-state index in [0.29, 0.717) is 12.1 Å². The number of amides is 1. The number of nitrogens with zero attached hydrogens (tertiary/aromatic N) is 1. The SMILES string of the molecule is CCNc1cc(C(=O)NCC2CCCCO2)cc(CC)n1. The summed E-state index contributed by atoms with van der Waals surface area (Å²) in [4.78, 5) is 16.7. The molecule has 0 spiro atoms. The van der Waals surface area contributed by atoms with Crippen molar-refractivity contribution in [2.45, 2.75) is 45.6 Å². The molecule has 1 aliphatic rings. The third-order valence-electron chi connectivity index (χ3n) is 3.62. The Morgan fingerprint density at radius 1 is 1.38 bits per heavy atom. The fourth-order valence-electron chi connectivity index (χ4n) is 2.45. The molecule has 2 N–H and O–H groups in total. The average Bonchev–Trinajstić information content (AvgIpc) is 2.53. The van der Waals surface area contributed by atoms with Crippen LogP contribution >= 0.6 is 0 Å². The minimum Gasteiger partial charge on any atom is -0.376 e. The van der Waals surface area contributed by atoms with Gasteiger partial charge < -0.3 is 15.4 Å². The molecule has 1 aliphatic heterocycles. The normalized spacial score (nSPS) is 18.3. The molecule has 5 nitrogen and oxygen atoms in total. The van der Waals surface area contributed by atoms with E-state index in [1.807, 2.05) is 19.9 Å². The van der Waals surface area contributed by atoms with Gasteiger partial charge in [-0.15, -0.1) is 0 Å². The number of aryl methyl sites for hydroxylation is 1. The summed E-state index contributed by atoms with van der Waals surface area (Å²) in [5.41, 5.74) is 1.58. The molecule has 5 heteroatoms. The molecule has 0 aliphatic carbocycles. The Morgan fingerprint density at radius 2 is 2.24 bits per heavy atom. The molecule has 0 aromatic carbocycles. The summed E-state index contributed by atoms with van der Waals surface area (Å²) in [5, 5.41) is 6.14. The van der Waals surface area contributed by atoms with E-state index in [2.05, 4.69) is 15.6 Å². The lowest BCUT2D eigenvalue weighted by Gasteiger charge is -2.22. The zero-order valence-corrected chi connectivity index (χ0v) is 12.9. The summed E-state index contributed by atoms with van der Waals surface area (Å²) in [6, 6.07) is 3.66. The summed E-state index contributed by atoms with van der Waals surface area (Å²) >= 11 is 0. The second-order valence-electron chi connectivity index (χ2n) is 5.31. The highest BCUT2D eigenvalue weighted by molar-refractivity contribution is 5.95. The van der Waals surface area contributed by atoms with Crippen molar-refractivity contribution in [3.8, 4) is 0 Å². The van der Waals surface area contributed by atoms with Crippen LogP contribution in [0.2, 0.25) is 0 Å². The monoisotopic (exact) mass is 291 g/mol. The van der Waals surface area contributed by atoms with Gasteiger partial charge in [0, 0.05) is 31.0 Å². The van der Waals surface area contributed by atoms with Crippen molar-refractivity contribution < 1.29 is 9.53 Å². The molecule has 0 bridgehead atoms. The molecule has 0 saturated carbocycles. The van der Waals surface area contributed by atoms with Crippen LogP contribution in [0.3, 0.4) is 0 Å². The quantitative estimate of drug-likeness (QED) is 0.844. The zero-order chi connectivity index (χ0) is 15.1. The highest BCUT2D eigenvalue weighted by atomic mass is 16.5. The van der Waals surface area contributed by atoms with Crippen LogP contribution in [-0.4, -0.2) is 36.7 Å². The minimum absolute atomic E-state index is 0.0552. The third-order valence-corrected chi connectivity index (χ3v) is 3.62. The van der Waals surface area contributed by atoms with Crippen LogP contribution in [-0.2, 0) is 11.2 Å². The van der Waals surface area contributed by atoms with Gasteiger partial charge in [-0.3, -0.25) is 4.79 Å². The number of carbonyl (C=O) groups excluding carboxylic acids is 1. The van der Waals surface area contributed by atoms with Gasteiger partial charge in [-0.25, -0.2) is 4.98 Å². The maximum Gasteiger partial charge on any atom is 0.251 e. The number of carbonyl (C=O) groups is 1. The van der Waals surface area contributed by atoms with Crippen LogP contribution in [0.1, 0.15) is 49.2 Å². The summed E-state index contributed by atoms with van der Waals surface area (Å²) < 4.78 is 5.63. The first-order chi connectivity index (χ1) is 10.2. The first kappa shape index (κ1) is 15.8. The second-order valence-corrected chi connectivity index (χ2v) is 5.31.